The summed E-state index contributed by atoms with van der Waals surface area (Å²) in [5.41, 5.74) is -0.214. The van der Waals surface area contributed by atoms with Gasteiger partial charge in [-0.15, -0.1) is 0 Å². The molecule has 2 fully saturated rings. The van der Waals surface area contributed by atoms with Gasteiger partial charge >= 0.3 is 0 Å². The highest BCUT2D eigenvalue weighted by Gasteiger charge is 2.43. The van der Waals surface area contributed by atoms with Crippen LogP contribution in [0.1, 0.15) is 18.6 Å². The van der Waals surface area contributed by atoms with Crippen LogP contribution in [0.25, 0.3) is 0 Å². The Labute approximate surface area is 135 Å². The molecule has 4 heterocycles. The first kappa shape index (κ1) is 14.9. The molecule has 0 aliphatic carbocycles. The minimum Gasteiger partial charge on any atom is -0.468 e. The quantitative estimate of drug-likeness (QED) is 0.847. The van der Waals surface area contributed by atoms with Crippen LogP contribution in [0.5, 0.6) is 0 Å². The molecule has 4 rings (SSSR count). The smallest absolute Gasteiger partial charge is 0.137 e. The predicted molar refractivity (Wildman–Crippen MR) is 81.7 cm³/mol. The summed E-state index contributed by atoms with van der Waals surface area (Å²) in [7, 11) is 0. The Kier molecular flexibility index (Phi) is 4.15. The molecule has 2 saturated heterocycles. The molecule has 2 aliphatic rings. The molecule has 0 radical (unpaired) electrons. The average molecular weight is 318 g/mol. The second kappa shape index (κ2) is 6.43. The van der Waals surface area contributed by atoms with E-state index >= 15 is 0 Å². The number of nitrogens with zero attached hydrogens (tertiary/aromatic N) is 4. The van der Waals surface area contributed by atoms with Gasteiger partial charge in [0.2, 0.25) is 0 Å². The molecule has 0 N–H and O–H groups in total. The van der Waals surface area contributed by atoms with Crippen LogP contribution >= 0.6 is 0 Å². The van der Waals surface area contributed by atoms with Gasteiger partial charge in [-0.3, -0.25) is 9.58 Å². The fourth-order valence-electron chi connectivity index (χ4n) is 3.52. The fourth-order valence-corrected chi connectivity index (χ4v) is 3.52. The van der Waals surface area contributed by atoms with Crippen molar-refractivity contribution in [3.05, 3.63) is 36.8 Å². The van der Waals surface area contributed by atoms with E-state index in [1.807, 2.05) is 16.8 Å². The third kappa shape index (κ3) is 3.46. The molecular formula is C16H22N4O3. The second-order valence-corrected chi connectivity index (χ2v) is 6.42. The van der Waals surface area contributed by atoms with E-state index in [1.165, 1.54) is 0 Å². The Morgan fingerprint density at radius 1 is 1.39 bits per heavy atom. The largest absolute Gasteiger partial charge is 0.468 e. The van der Waals surface area contributed by atoms with Gasteiger partial charge in [0.05, 0.1) is 38.7 Å². The normalized spacial score (nSPS) is 29.1. The Bertz CT molecular complexity index is 601. The van der Waals surface area contributed by atoms with Crippen LogP contribution in [-0.2, 0) is 22.6 Å². The molecule has 23 heavy (non-hydrogen) atoms. The number of aromatic nitrogens is 3. The molecule has 124 valence electrons. The van der Waals surface area contributed by atoms with Gasteiger partial charge in [-0.05, 0) is 25.0 Å². The van der Waals surface area contributed by atoms with Crippen molar-refractivity contribution < 1.29 is 13.9 Å². The minimum absolute atomic E-state index is 0.170. The van der Waals surface area contributed by atoms with Crippen molar-refractivity contribution in [2.45, 2.75) is 37.6 Å². The molecule has 1 spiro atoms. The summed E-state index contributed by atoms with van der Waals surface area (Å²) in [5, 5.41) is 4.17. The Balaban J connectivity index is 1.40. The van der Waals surface area contributed by atoms with Crippen molar-refractivity contribution in [1.82, 2.24) is 19.7 Å². The maximum absolute atomic E-state index is 6.41. The molecule has 7 nitrogen and oxygen atoms in total. The lowest BCUT2D eigenvalue weighted by Gasteiger charge is -2.31. The maximum Gasteiger partial charge on any atom is 0.137 e. The van der Waals surface area contributed by atoms with Crippen LogP contribution in [-0.4, -0.2) is 57.7 Å². The molecular weight excluding hydrogens is 296 g/mol. The van der Waals surface area contributed by atoms with E-state index in [0.29, 0.717) is 6.61 Å². The average Bonchev–Trinajstić information content (AvgIpc) is 3.25. The van der Waals surface area contributed by atoms with Crippen LogP contribution in [0.15, 0.2) is 35.5 Å². The molecule has 2 atom stereocenters. The van der Waals surface area contributed by atoms with Gasteiger partial charge in [0.1, 0.15) is 24.0 Å². The number of ether oxygens (including phenoxy) is 2. The number of hydrogen-bond donors (Lipinski definition) is 0. The Hall–Kier alpha value is -1.70. The van der Waals surface area contributed by atoms with E-state index < -0.39 is 0 Å². The van der Waals surface area contributed by atoms with Crippen molar-refractivity contribution in [2.75, 3.05) is 26.3 Å². The minimum atomic E-state index is -0.214. The lowest BCUT2D eigenvalue weighted by molar-refractivity contribution is -0.0907. The summed E-state index contributed by atoms with van der Waals surface area (Å²) in [4.78, 5) is 6.35. The predicted octanol–water partition coefficient (Wildman–Crippen LogP) is 1.32. The van der Waals surface area contributed by atoms with Crippen LogP contribution in [0, 0.1) is 0 Å². The third-order valence-corrected chi connectivity index (χ3v) is 4.58. The van der Waals surface area contributed by atoms with Crippen LogP contribution in [0.2, 0.25) is 0 Å². The number of furan rings is 1. The number of hydrogen-bond acceptors (Lipinski definition) is 6. The molecule has 2 aromatic rings. The van der Waals surface area contributed by atoms with Crippen molar-refractivity contribution in [1.29, 1.82) is 0 Å². The van der Waals surface area contributed by atoms with Crippen molar-refractivity contribution >= 4 is 0 Å². The standard InChI is InChI=1S/C16H22N4O3/c1-2-14(22-6-1)8-19-5-7-21-11-16(10-19)4-3-15(23-16)9-20-13-17-12-18-20/h1-2,6,12-13,15H,3-5,7-11H2/t15-,16-/m0/s1. The zero-order valence-electron chi connectivity index (χ0n) is 13.1. The monoisotopic (exact) mass is 318 g/mol. The van der Waals surface area contributed by atoms with Gasteiger partial charge in [-0.2, -0.15) is 5.10 Å². The zero-order chi connectivity index (χ0) is 15.5. The van der Waals surface area contributed by atoms with Crippen molar-refractivity contribution in [2.24, 2.45) is 0 Å². The van der Waals surface area contributed by atoms with Gasteiger partial charge < -0.3 is 13.9 Å². The van der Waals surface area contributed by atoms with Crippen LogP contribution in [0.4, 0.5) is 0 Å². The SMILES string of the molecule is c1coc(CN2CCOC[C@]3(CC[C@@H](Cn4cncn4)O3)C2)c1. The van der Waals surface area contributed by atoms with Crippen molar-refractivity contribution in [3.8, 4) is 0 Å². The van der Waals surface area contributed by atoms with E-state index in [1.54, 1.807) is 18.9 Å². The first-order chi connectivity index (χ1) is 11.3. The first-order valence-corrected chi connectivity index (χ1v) is 8.14. The van der Waals surface area contributed by atoms with Gasteiger partial charge in [0.25, 0.3) is 0 Å². The highest BCUT2D eigenvalue weighted by molar-refractivity contribution is 5.00. The maximum atomic E-state index is 6.41. The molecule has 0 saturated carbocycles. The summed E-state index contributed by atoms with van der Waals surface area (Å²) in [6.45, 7) is 4.73. The Morgan fingerprint density at radius 2 is 2.39 bits per heavy atom. The second-order valence-electron chi connectivity index (χ2n) is 6.42. The Morgan fingerprint density at radius 3 is 3.22 bits per heavy atom. The molecule has 0 amide bonds. The van der Waals surface area contributed by atoms with E-state index in [9.17, 15) is 0 Å². The van der Waals surface area contributed by atoms with Gasteiger partial charge in [0, 0.05) is 13.1 Å². The molecule has 0 aromatic carbocycles. The van der Waals surface area contributed by atoms with Gasteiger partial charge in [-0.1, -0.05) is 0 Å². The summed E-state index contributed by atoms with van der Waals surface area (Å²) in [6, 6.07) is 3.95. The van der Waals surface area contributed by atoms with Gasteiger partial charge in [-0.25, -0.2) is 4.98 Å². The van der Waals surface area contributed by atoms with E-state index in [4.69, 9.17) is 13.9 Å². The van der Waals surface area contributed by atoms with E-state index in [-0.39, 0.29) is 11.7 Å². The number of rotatable bonds is 4. The lowest BCUT2D eigenvalue weighted by Crippen LogP contribution is -2.44. The van der Waals surface area contributed by atoms with Crippen LogP contribution in [0.3, 0.4) is 0 Å². The molecule has 0 bridgehead atoms. The van der Waals surface area contributed by atoms with E-state index in [0.717, 1.165) is 51.4 Å². The van der Waals surface area contributed by atoms with Gasteiger partial charge in [0.15, 0.2) is 0 Å². The zero-order valence-corrected chi connectivity index (χ0v) is 13.1. The fraction of sp³-hybridized carbons (Fsp3) is 0.625. The van der Waals surface area contributed by atoms with Crippen molar-refractivity contribution in [3.63, 3.8) is 0 Å². The summed E-state index contributed by atoms with van der Waals surface area (Å²) in [5.74, 6) is 0.985. The molecule has 0 unspecified atom stereocenters. The highest BCUT2D eigenvalue weighted by atomic mass is 16.6. The summed E-state index contributed by atoms with van der Waals surface area (Å²) in [6.07, 6.45) is 7.23. The molecule has 2 aliphatic heterocycles. The third-order valence-electron chi connectivity index (χ3n) is 4.58. The first-order valence-electron chi connectivity index (χ1n) is 8.14. The summed E-state index contributed by atoms with van der Waals surface area (Å²) < 4.78 is 19.6. The van der Waals surface area contributed by atoms with Crippen LogP contribution < -0.4 is 0 Å². The molecule has 7 heteroatoms. The van der Waals surface area contributed by atoms with E-state index in [2.05, 4.69) is 15.0 Å². The topological polar surface area (TPSA) is 65.6 Å². The highest BCUT2D eigenvalue weighted by Crippen LogP contribution is 2.34. The summed E-state index contributed by atoms with van der Waals surface area (Å²) >= 11 is 0. The lowest BCUT2D eigenvalue weighted by atomic mass is 10.00. The molecule has 2 aromatic heterocycles.